The van der Waals surface area contributed by atoms with E-state index in [0.717, 1.165) is 30.9 Å². The molecule has 2 aliphatic rings. The molecule has 0 aliphatic carbocycles. The average molecular weight is 296 g/mol. The van der Waals surface area contributed by atoms with Crippen molar-refractivity contribution in [3.05, 3.63) is 17.5 Å². The quantitative estimate of drug-likeness (QED) is 0.654. The third-order valence-corrected chi connectivity index (χ3v) is 5.83. The second-order valence-corrected chi connectivity index (χ2v) is 7.17. The van der Waals surface area contributed by atoms with Gasteiger partial charge in [-0.3, -0.25) is 16.0 Å². The lowest BCUT2D eigenvalue weighted by Gasteiger charge is -2.40. The van der Waals surface area contributed by atoms with Gasteiger partial charge in [0.2, 0.25) is 0 Å². The van der Waals surface area contributed by atoms with Crippen molar-refractivity contribution >= 4 is 11.8 Å². The molecule has 2 aliphatic heterocycles. The van der Waals surface area contributed by atoms with Gasteiger partial charge in [0.1, 0.15) is 0 Å². The van der Waals surface area contributed by atoms with Crippen molar-refractivity contribution in [1.82, 2.24) is 15.2 Å². The third-order valence-electron chi connectivity index (χ3n) is 4.61. The lowest BCUT2D eigenvalue weighted by Crippen LogP contribution is -2.45. The predicted octanol–water partition coefficient (Wildman–Crippen LogP) is 1.54. The smallest absolute Gasteiger partial charge is 0.0783 e. The molecule has 0 saturated carbocycles. The van der Waals surface area contributed by atoms with Crippen molar-refractivity contribution in [1.29, 1.82) is 0 Å². The number of thioether (sulfide) groups is 1. The summed E-state index contributed by atoms with van der Waals surface area (Å²) in [6, 6.07) is 2.29. The molecule has 1 spiro atoms. The van der Waals surface area contributed by atoms with Crippen molar-refractivity contribution in [3.8, 4) is 0 Å². The van der Waals surface area contributed by atoms with Gasteiger partial charge in [0.25, 0.3) is 0 Å². The molecule has 20 heavy (non-hydrogen) atoms. The first-order chi connectivity index (χ1) is 9.63. The lowest BCUT2D eigenvalue weighted by atomic mass is 9.80. The normalized spacial score (nSPS) is 31.9. The minimum Gasteiger partial charge on any atom is -0.374 e. The van der Waals surface area contributed by atoms with Gasteiger partial charge in [-0.15, -0.1) is 0 Å². The van der Waals surface area contributed by atoms with E-state index in [2.05, 4.69) is 16.6 Å². The fourth-order valence-electron chi connectivity index (χ4n) is 3.60. The molecular weight excluding hydrogens is 272 g/mol. The van der Waals surface area contributed by atoms with Gasteiger partial charge in [0, 0.05) is 19.4 Å². The molecule has 112 valence electrons. The highest BCUT2D eigenvalue weighted by atomic mass is 32.2. The zero-order chi connectivity index (χ0) is 14.2. The summed E-state index contributed by atoms with van der Waals surface area (Å²) in [5.74, 6) is 8.73. The molecule has 5 nitrogen and oxygen atoms in total. The summed E-state index contributed by atoms with van der Waals surface area (Å²) >= 11 is 2.01. The van der Waals surface area contributed by atoms with Crippen LogP contribution in [0.5, 0.6) is 0 Å². The first-order valence-corrected chi connectivity index (χ1v) is 8.47. The maximum absolute atomic E-state index is 6.11. The van der Waals surface area contributed by atoms with E-state index in [1.54, 1.807) is 0 Å². The predicted molar refractivity (Wildman–Crippen MR) is 81.4 cm³/mol. The van der Waals surface area contributed by atoms with E-state index in [1.165, 1.54) is 17.9 Å². The minimum absolute atomic E-state index is 0.0936. The van der Waals surface area contributed by atoms with E-state index in [9.17, 15) is 0 Å². The van der Waals surface area contributed by atoms with Crippen molar-refractivity contribution in [2.75, 3.05) is 18.1 Å². The van der Waals surface area contributed by atoms with Gasteiger partial charge >= 0.3 is 0 Å². The Hall–Kier alpha value is -0.560. The number of nitrogens with two attached hydrogens (primary N) is 1. The Morgan fingerprint density at radius 3 is 3.10 bits per heavy atom. The summed E-state index contributed by atoms with van der Waals surface area (Å²) in [5.41, 5.74) is 5.34. The van der Waals surface area contributed by atoms with Crippen molar-refractivity contribution in [2.24, 2.45) is 18.8 Å². The molecule has 3 rings (SSSR count). The summed E-state index contributed by atoms with van der Waals surface area (Å²) in [5, 5.41) is 4.45. The fourth-order valence-corrected chi connectivity index (χ4v) is 4.98. The Kier molecular flexibility index (Phi) is 4.08. The number of hydrogen-bond donors (Lipinski definition) is 2. The van der Waals surface area contributed by atoms with Crippen LogP contribution in [-0.2, 0) is 11.8 Å². The molecule has 6 heteroatoms. The number of rotatable bonds is 3. The molecule has 0 bridgehead atoms. The van der Waals surface area contributed by atoms with E-state index in [0.29, 0.717) is 5.92 Å². The van der Waals surface area contributed by atoms with Gasteiger partial charge in [-0.1, -0.05) is 0 Å². The summed E-state index contributed by atoms with van der Waals surface area (Å²) in [6.07, 6.45) is 3.33. The molecule has 0 aromatic carbocycles. The Bertz CT molecular complexity index is 470. The van der Waals surface area contributed by atoms with Crippen LogP contribution in [0.1, 0.15) is 36.7 Å². The number of hydrazine groups is 1. The fraction of sp³-hybridized carbons (Fsp3) is 0.786. The largest absolute Gasteiger partial charge is 0.374 e. The Balaban J connectivity index is 1.80. The summed E-state index contributed by atoms with van der Waals surface area (Å²) in [4.78, 5) is 0. The molecule has 3 N–H and O–H groups in total. The maximum Gasteiger partial charge on any atom is 0.0783 e. The summed E-state index contributed by atoms with van der Waals surface area (Å²) in [7, 11) is 1.99. The number of aromatic nitrogens is 2. The Labute approximate surface area is 124 Å². The first-order valence-electron chi connectivity index (χ1n) is 7.32. The first kappa shape index (κ1) is 14.4. The lowest BCUT2D eigenvalue weighted by molar-refractivity contribution is -0.0858. The van der Waals surface area contributed by atoms with Gasteiger partial charge in [0.15, 0.2) is 0 Å². The highest BCUT2D eigenvalue weighted by Gasteiger charge is 2.43. The molecular formula is C14H24N4OS. The van der Waals surface area contributed by atoms with E-state index >= 15 is 0 Å². The zero-order valence-corrected chi connectivity index (χ0v) is 13.1. The van der Waals surface area contributed by atoms with Crippen LogP contribution < -0.4 is 11.3 Å². The SMILES string of the molecule is Cc1cc(C(NN)C2CCOC3(CCSC3)C2)n(C)n1. The number of nitrogens with one attached hydrogen (secondary N) is 1. The number of nitrogens with zero attached hydrogens (tertiary/aromatic N) is 2. The topological polar surface area (TPSA) is 65.1 Å². The number of ether oxygens (including phenoxy) is 1. The minimum atomic E-state index is 0.0936. The summed E-state index contributed by atoms with van der Waals surface area (Å²) in [6.45, 7) is 2.87. The second kappa shape index (κ2) is 5.67. The molecule has 3 atom stereocenters. The van der Waals surface area contributed by atoms with Crippen LogP contribution in [-0.4, -0.2) is 33.5 Å². The molecule has 0 amide bonds. The van der Waals surface area contributed by atoms with Gasteiger partial charge in [-0.2, -0.15) is 16.9 Å². The van der Waals surface area contributed by atoms with Crippen LogP contribution in [0.15, 0.2) is 6.07 Å². The van der Waals surface area contributed by atoms with Crippen molar-refractivity contribution in [2.45, 2.75) is 37.8 Å². The molecule has 1 aromatic heterocycles. The standard InChI is InChI=1S/C14H24N4OS/c1-10-7-12(18(2)17-10)13(16-15)11-3-5-19-14(8-11)4-6-20-9-14/h7,11,13,16H,3-6,8-9,15H2,1-2H3. The molecule has 3 heterocycles. The highest BCUT2D eigenvalue weighted by Crippen LogP contribution is 2.43. The van der Waals surface area contributed by atoms with Crippen molar-refractivity contribution < 1.29 is 4.74 Å². The summed E-state index contributed by atoms with van der Waals surface area (Å²) < 4.78 is 8.06. The number of aryl methyl sites for hydroxylation is 2. The van der Waals surface area contributed by atoms with Gasteiger partial charge in [0.05, 0.1) is 23.0 Å². The van der Waals surface area contributed by atoms with Gasteiger partial charge in [-0.25, -0.2) is 0 Å². The van der Waals surface area contributed by atoms with Gasteiger partial charge < -0.3 is 4.74 Å². The maximum atomic E-state index is 6.11. The van der Waals surface area contributed by atoms with E-state index in [1.807, 2.05) is 30.4 Å². The van der Waals surface area contributed by atoms with Gasteiger partial charge in [-0.05, 0) is 43.9 Å². The monoisotopic (exact) mass is 296 g/mol. The number of hydrogen-bond acceptors (Lipinski definition) is 5. The molecule has 0 radical (unpaired) electrons. The van der Waals surface area contributed by atoms with Crippen LogP contribution in [0.4, 0.5) is 0 Å². The van der Waals surface area contributed by atoms with Crippen LogP contribution in [0, 0.1) is 12.8 Å². The zero-order valence-electron chi connectivity index (χ0n) is 12.3. The van der Waals surface area contributed by atoms with Crippen molar-refractivity contribution in [3.63, 3.8) is 0 Å². The molecule has 3 unspecified atom stereocenters. The highest BCUT2D eigenvalue weighted by molar-refractivity contribution is 7.99. The second-order valence-electron chi connectivity index (χ2n) is 6.07. The molecule has 2 saturated heterocycles. The van der Waals surface area contributed by atoms with Crippen LogP contribution in [0.25, 0.3) is 0 Å². The van der Waals surface area contributed by atoms with Crippen LogP contribution >= 0.6 is 11.8 Å². The van der Waals surface area contributed by atoms with E-state index < -0.39 is 0 Å². The molecule has 2 fully saturated rings. The third kappa shape index (κ3) is 2.62. The van der Waals surface area contributed by atoms with Crippen LogP contribution in [0.2, 0.25) is 0 Å². The van der Waals surface area contributed by atoms with Crippen LogP contribution in [0.3, 0.4) is 0 Å². The Morgan fingerprint density at radius 2 is 2.50 bits per heavy atom. The Morgan fingerprint density at radius 1 is 1.65 bits per heavy atom. The van der Waals surface area contributed by atoms with E-state index in [-0.39, 0.29) is 11.6 Å². The molecule has 1 aromatic rings. The van der Waals surface area contributed by atoms with E-state index in [4.69, 9.17) is 10.6 Å². The average Bonchev–Trinajstić information content (AvgIpc) is 2.99.